The molecular weight excluding hydrogens is 486 g/mol. The first-order valence-corrected chi connectivity index (χ1v) is 13.8. The number of para-hydroxylation sites is 1. The molecule has 1 amide bonds. The molecule has 7 heteroatoms. The number of carbonyl (C=O) groups excluding carboxylic acids is 1. The van der Waals surface area contributed by atoms with Gasteiger partial charge >= 0.3 is 0 Å². The molecule has 0 unspecified atom stereocenters. The minimum Gasteiger partial charge on any atom is -0.491 e. The fourth-order valence-corrected chi connectivity index (χ4v) is 6.28. The van der Waals surface area contributed by atoms with Crippen LogP contribution in [-0.2, 0) is 4.79 Å². The van der Waals surface area contributed by atoms with Crippen LogP contribution in [0.15, 0.2) is 59.6 Å². The van der Waals surface area contributed by atoms with Gasteiger partial charge in [0.25, 0.3) is 5.91 Å². The highest BCUT2D eigenvalue weighted by molar-refractivity contribution is 8.26. The summed E-state index contributed by atoms with van der Waals surface area (Å²) in [6.45, 7) is 6.09. The van der Waals surface area contributed by atoms with E-state index in [1.807, 2.05) is 85.1 Å². The molecule has 2 aliphatic rings. The van der Waals surface area contributed by atoms with Crippen LogP contribution in [0.1, 0.15) is 57.1 Å². The summed E-state index contributed by atoms with van der Waals surface area (Å²) in [6, 6.07) is 16.4. The number of hydrogen-bond donors (Lipinski definition) is 0. The van der Waals surface area contributed by atoms with Crippen molar-refractivity contribution in [3.63, 3.8) is 0 Å². The van der Waals surface area contributed by atoms with Crippen molar-refractivity contribution in [3.05, 3.63) is 70.8 Å². The minimum absolute atomic E-state index is 0.0205. The maximum atomic E-state index is 13.5. The van der Waals surface area contributed by atoms with Gasteiger partial charge < -0.3 is 4.74 Å². The Labute approximate surface area is 222 Å². The van der Waals surface area contributed by atoms with E-state index in [0.29, 0.717) is 9.23 Å². The molecule has 0 atom stereocenters. The smallest absolute Gasteiger partial charge is 0.266 e. The third-order valence-electron chi connectivity index (χ3n) is 6.62. The van der Waals surface area contributed by atoms with Crippen LogP contribution in [0.3, 0.4) is 0 Å². The quantitative estimate of drug-likeness (QED) is 0.256. The Hall–Kier alpha value is -2.90. The second-order valence-electron chi connectivity index (χ2n) is 9.70. The van der Waals surface area contributed by atoms with E-state index in [1.165, 1.54) is 18.2 Å². The molecule has 0 N–H and O–H groups in total. The van der Waals surface area contributed by atoms with Gasteiger partial charge in [-0.15, -0.1) is 0 Å². The first kappa shape index (κ1) is 24.8. The standard InChI is InChI=1S/C29H31N3O2S2/c1-19(2)34-25-15-14-21(16-20(25)3)27-22(18-31(30-27)23-10-6-4-7-11-23)17-26-28(33)32(29(35)36-26)24-12-8-5-9-13-24/h4,6-7,10-11,14-19,24H,5,8-9,12-13H2,1-3H3. The molecule has 0 bridgehead atoms. The number of thioether (sulfide) groups is 1. The number of hydrogen-bond acceptors (Lipinski definition) is 5. The molecule has 2 heterocycles. The van der Waals surface area contributed by atoms with Gasteiger partial charge in [0, 0.05) is 23.4 Å². The van der Waals surface area contributed by atoms with Crippen LogP contribution in [0.4, 0.5) is 0 Å². The summed E-state index contributed by atoms with van der Waals surface area (Å²) in [5.74, 6) is 0.887. The number of aromatic nitrogens is 2. The van der Waals surface area contributed by atoms with Crippen molar-refractivity contribution in [3.8, 4) is 22.7 Å². The number of amides is 1. The number of carbonyl (C=O) groups is 1. The van der Waals surface area contributed by atoms with E-state index in [0.717, 1.165) is 59.5 Å². The van der Waals surface area contributed by atoms with Gasteiger partial charge in [0.2, 0.25) is 0 Å². The van der Waals surface area contributed by atoms with E-state index in [1.54, 1.807) is 0 Å². The van der Waals surface area contributed by atoms with Gasteiger partial charge in [-0.25, -0.2) is 4.68 Å². The molecule has 1 saturated heterocycles. The average Bonchev–Trinajstić information content (AvgIpc) is 3.41. The molecule has 1 aliphatic carbocycles. The van der Waals surface area contributed by atoms with Crippen molar-refractivity contribution in [2.45, 2.75) is 65.0 Å². The molecule has 5 rings (SSSR count). The maximum absolute atomic E-state index is 13.5. The first-order chi connectivity index (χ1) is 17.4. The van der Waals surface area contributed by atoms with Crippen molar-refractivity contribution in [2.24, 2.45) is 0 Å². The topological polar surface area (TPSA) is 47.4 Å². The van der Waals surface area contributed by atoms with Crippen molar-refractivity contribution in [1.82, 2.24) is 14.7 Å². The average molecular weight is 518 g/mol. The summed E-state index contributed by atoms with van der Waals surface area (Å²) in [4.78, 5) is 16.0. The molecular formula is C29H31N3O2S2. The fourth-order valence-electron chi connectivity index (χ4n) is 4.89. The Morgan fingerprint density at radius 3 is 2.56 bits per heavy atom. The molecule has 1 aliphatic heterocycles. The predicted molar refractivity (Wildman–Crippen MR) is 151 cm³/mol. The van der Waals surface area contributed by atoms with Gasteiger partial charge in [0.1, 0.15) is 15.8 Å². The van der Waals surface area contributed by atoms with E-state index in [9.17, 15) is 4.79 Å². The van der Waals surface area contributed by atoms with Gasteiger partial charge in [-0.1, -0.05) is 61.4 Å². The number of nitrogens with zero attached hydrogens (tertiary/aromatic N) is 3. The van der Waals surface area contributed by atoms with Crippen LogP contribution >= 0.6 is 24.0 Å². The van der Waals surface area contributed by atoms with Crippen molar-refractivity contribution in [1.29, 1.82) is 0 Å². The zero-order chi connectivity index (χ0) is 25.2. The summed E-state index contributed by atoms with van der Waals surface area (Å²) in [5.41, 5.74) is 4.70. The van der Waals surface area contributed by atoms with Crippen LogP contribution < -0.4 is 4.74 Å². The molecule has 1 saturated carbocycles. The van der Waals surface area contributed by atoms with Gasteiger partial charge in [-0.2, -0.15) is 5.10 Å². The summed E-state index contributed by atoms with van der Waals surface area (Å²) in [6.07, 6.45) is 9.66. The van der Waals surface area contributed by atoms with Crippen LogP contribution in [0.5, 0.6) is 5.75 Å². The number of benzene rings is 2. The third-order valence-corrected chi connectivity index (χ3v) is 7.95. The van der Waals surface area contributed by atoms with Crippen molar-refractivity contribution < 1.29 is 9.53 Å². The third kappa shape index (κ3) is 5.13. The van der Waals surface area contributed by atoms with Crippen LogP contribution in [0.25, 0.3) is 23.0 Å². The lowest BCUT2D eigenvalue weighted by Gasteiger charge is -2.29. The number of thiocarbonyl (C=S) groups is 1. The second-order valence-corrected chi connectivity index (χ2v) is 11.4. The zero-order valence-electron chi connectivity index (χ0n) is 20.9. The van der Waals surface area contributed by atoms with Gasteiger partial charge in [-0.3, -0.25) is 9.69 Å². The summed E-state index contributed by atoms with van der Waals surface area (Å²) < 4.78 is 8.48. The molecule has 186 valence electrons. The van der Waals surface area contributed by atoms with Crippen molar-refractivity contribution in [2.75, 3.05) is 0 Å². The summed E-state index contributed by atoms with van der Waals surface area (Å²) in [7, 11) is 0. The number of rotatable bonds is 6. The van der Waals surface area contributed by atoms with Crippen molar-refractivity contribution >= 4 is 40.3 Å². The zero-order valence-corrected chi connectivity index (χ0v) is 22.6. The molecule has 36 heavy (non-hydrogen) atoms. The molecule has 1 aromatic heterocycles. The predicted octanol–water partition coefficient (Wildman–Crippen LogP) is 7.17. The summed E-state index contributed by atoms with van der Waals surface area (Å²) in [5, 5.41) is 4.94. The van der Waals surface area contributed by atoms with E-state index in [4.69, 9.17) is 22.1 Å². The minimum atomic E-state index is 0.0205. The van der Waals surface area contributed by atoms with Crippen LogP contribution in [0.2, 0.25) is 0 Å². The Kier molecular flexibility index (Phi) is 7.30. The largest absolute Gasteiger partial charge is 0.491 e. The van der Waals surface area contributed by atoms with Gasteiger partial charge in [0.15, 0.2) is 0 Å². The fraction of sp³-hybridized carbons (Fsp3) is 0.345. The lowest BCUT2D eigenvalue weighted by Crippen LogP contribution is -2.39. The summed E-state index contributed by atoms with van der Waals surface area (Å²) >= 11 is 7.06. The second kappa shape index (κ2) is 10.6. The first-order valence-electron chi connectivity index (χ1n) is 12.6. The monoisotopic (exact) mass is 517 g/mol. The lowest BCUT2D eigenvalue weighted by atomic mass is 9.94. The highest BCUT2D eigenvalue weighted by Gasteiger charge is 2.37. The Balaban J connectivity index is 1.54. The molecule has 3 aromatic rings. The van der Waals surface area contributed by atoms with E-state index >= 15 is 0 Å². The van der Waals surface area contributed by atoms with Crippen LogP contribution in [0, 0.1) is 6.92 Å². The molecule has 0 spiro atoms. The van der Waals surface area contributed by atoms with E-state index in [2.05, 4.69) is 6.07 Å². The maximum Gasteiger partial charge on any atom is 0.266 e. The molecule has 2 fully saturated rings. The van der Waals surface area contributed by atoms with Gasteiger partial charge in [0.05, 0.1) is 16.7 Å². The molecule has 0 radical (unpaired) electrons. The number of ether oxygens (including phenoxy) is 1. The number of aryl methyl sites for hydroxylation is 1. The SMILES string of the molecule is Cc1cc(-c2nn(-c3ccccc3)cc2C=C2SC(=S)N(C3CCCCC3)C2=O)ccc1OC(C)C. The Morgan fingerprint density at radius 2 is 1.86 bits per heavy atom. The lowest BCUT2D eigenvalue weighted by molar-refractivity contribution is -0.124. The highest BCUT2D eigenvalue weighted by Crippen LogP contribution is 2.39. The molecule has 2 aromatic carbocycles. The molecule has 5 nitrogen and oxygen atoms in total. The van der Waals surface area contributed by atoms with E-state index < -0.39 is 0 Å². The Bertz CT molecular complexity index is 1310. The van der Waals surface area contributed by atoms with E-state index in [-0.39, 0.29) is 18.1 Å². The normalized spacial score (nSPS) is 18.0. The highest BCUT2D eigenvalue weighted by atomic mass is 32.2. The Morgan fingerprint density at radius 1 is 1.11 bits per heavy atom. The van der Waals surface area contributed by atoms with Gasteiger partial charge in [-0.05, 0) is 75.6 Å². The van der Waals surface area contributed by atoms with Crippen LogP contribution in [-0.4, -0.2) is 37.1 Å².